The zero-order valence-corrected chi connectivity index (χ0v) is 11.4. The maximum atomic E-state index is 11.5. The number of nitrogens with one attached hydrogen (secondary N) is 3. The normalized spacial score (nSPS) is 10.1. The summed E-state index contributed by atoms with van der Waals surface area (Å²) in [5.74, 6) is 0.286. The minimum atomic E-state index is -0.186. The summed E-state index contributed by atoms with van der Waals surface area (Å²) < 4.78 is 0. The average Bonchev–Trinajstić information content (AvgIpc) is 2.39. The molecule has 1 aromatic carbocycles. The smallest absolute Gasteiger partial charge is 0.252 e. The maximum absolute atomic E-state index is 11.5. The number of aromatic nitrogens is 2. The minimum Gasteiger partial charge on any atom is -0.326 e. The number of hydrogen-bond donors (Lipinski definition) is 3. The van der Waals surface area contributed by atoms with Gasteiger partial charge in [0.05, 0.1) is 0 Å². The molecule has 6 nitrogen and oxygen atoms in total. The summed E-state index contributed by atoms with van der Waals surface area (Å²) in [6.07, 6.45) is 0.695. The van der Waals surface area contributed by atoms with Crippen LogP contribution in [-0.2, 0) is 11.2 Å². The lowest BCUT2D eigenvalue weighted by atomic mass is 10.3. The van der Waals surface area contributed by atoms with Crippen molar-refractivity contribution in [2.24, 2.45) is 0 Å². The van der Waals surface area contributed by atoms with E-state index in [1.807, 2.05) is 6.92 Å². The molecule has 0 saturated carbocycles. The standard InChI is InChI=1S/C14H16N4O2/c1-3-10-8-13(20)18-14(16-10)17-12-6-4-11(5-7-12)15-9(2)19/h4-8H,3H2,1-2H3,(H,15,19)(H2,16,17,18,20). The molecular formula is C14H16N4O2. The monoisotopic (exact) mass is 272 g/mol. The maximum Gasteiger partial charge on any atom is 0.252 e. The van der Waals surface area contributed by atoms with Crippen LogP contribution in [0.4, 0.5) is 17.3 Å². The SMILES string of the molecule is CCc1cc(=O)[nH]c(Nc2ccc(NC(C)=O)cc2)n1. The van der Waals surface area contributed by atoms with Gasteiger partial charge in [-0.1, -0.05) is 6.92 Å². The molecule has 0 spiro atoms. The summed E-state index contributed by atoms with van der Waals surface area (Å²) in [4.78, 5) is 29.3. The molecule has 0 aliphatic heterocycles. The third-order valence-corrected chi connectivity index (χ3v) is 2.62. The number of hydrogen-bond acceptors (Lipinski definition) is 4. The van der Waals surface area contributed by atoms with Gasteiger partial charge >= 0.3 is 0 Å². The molecule has 0 atom stereocenters. The van der Waals surface area contributed by atoms with E-state index >= 15 is 0 Å². The van der Waals surface area contributed by atoms with Gasteiger partial charge in [0.25, 0.3) is 5.56 Å². The number of nitrogens with zero attached hydrogens (tertiary/aromatic N) is 1. The number of anilines is 3. The number of aromatic amines is 1. The predicted octanol–water partition coefficient (Wildman–Crippen LogP) is 2.03. The number of carbonyl (C=O) groups excluding carboxylic acids is 1. The Labute approximate surface area is 116 Å². The van der Waals surface area contributed by atoms with Crippen molar-refractivity contribution in [3.8, 4) is 0 Å². The summed E-state index contributed by atoms with van der Waals surface area (Å²) >= 11 is 0. The van der Waals surface area contributed by atoms with Crippen LogP contribution in [0.25, 0.3) is 0 Å². The Morgan fingerprint density at radius 2 is 1.90 bits per heavy atom. The van der Waals surface area contributed by atoms with Gasteiger partial charge in [-0.3, -0.25) is 14.6 Å². The minimum absolute atomic E-state index is 0.118. The first-order valence-corrected chi connectivity index (χ1v) is 6.31. The molecule has 6 heteroatoms. The van der Waals surface area contributed by atoms with Gasteiger partial charge < -0.3 is 10.6 Å². The summed E-state index contributed by atoms with van der Waals surface area (Å²) in [7, 11) is 0. The van der Waals surface area contributed by atoms with Gasteiger partial charge in [0.2, 0.25) is 11.9 Å². The molecule has 0 bridgehead atoms. The molecule has 2 aromatic rings. The predicted molar refractivity (Wildman–Crippen MR) is 78.3 cm³/mol. The van der Waals surface area contributed by atoms with Crippen molar-refractivity contribution in [1.82, 2.24) is 9.97 Å². The molecule has 0 saturated heterocycles. The first-order valence-electron chi connectivity index (χ1n) is 6.31. The van der Waals surface area contributed by atoms with Crippen molar-refractivity contribution in [3.05, 3.63) is 46.4 Å². The molecule has 0 fully saturated rings. The molecule has 1 aromatic heterocycles. The number of rotatable bonds is 4. The Hall–Kier alpha value is -2.63. The van der Waals surface area contributed by atoms with Gasteiger partial charge in [-0.15, -0.1) is 0 Å². The van der Waals surface area contributed by atoms with E-state index in [1.54, 1.807) is 24.3 Å². The molecule has 3 N–H and O–H groups in total. The number of carbonyl (C=O) groups is 1. The van der Waals surface area contributed by atoms with Crippen LogP contribution in [0, 0.1) is 0 Å². The van der Waals surface area contributed by atoms with Gasteiger partial charge in [0.1, 0.15) is 0 Å². The zero-order valence-electron chi connectivity index (χ0n) is 11.4. The second kappa shape index (κ2) is 6.01. The zero-order chi connectivity index (χ0) is 14.5. The second-order valence-corrected chi connectivity index (χ2v) is 4.32. The fourth-order valence-electron chi connectivity index (χ4n) is 1.73. The van der Waals surface area contributed by atoms with E-state index in [4.69, 9.17) is 0 Å². The third-order valence-electron chi connectivity index (χ3n) is 2.62. The molecule has 0 radical (unpaired) electrons. The molecule has 2 rings (SSSR count). The van der Waals surface area contributed by atoms with Crippen molar-refractivity contribution >= 4 is 23.2 Å². The van der Waals surface area contributed by atoms with Gasteiger partial charge in [0.15, 0.2) is 0 Å². The summed E-state index contributed by atoms with van der Waals surface area (Å²) in [5.41, 5.74) is 2.03. The first-order chi connectivity index (χ1) is 9.56. The molecule has 0 aliphatic carbocycles. The number of benzene rings is 1. The van der Waals surface area contributed by atoms with Crippen LogP contribution < -0.4 is 16.2 Å². The molecular weight excluding hydrogens is 256 g/mol. The van der Waals surface area contributed by atoms with E-state index in [0.29, 0.717) is 18.1 Å². The Kier molecular flexibility index (Phi) is 4.14. The Bertz CT molecular complexity index is 662. The molecule has 0 aliphatic rings. The van der Waals surface area contributed by atoms with E-state index in [9.17, 15) is 9.59 Å². The highest BCUT2D eigenvalue weighted by atomic mass is 16.1. The lowest BCUT2D eigenvalue weighted by Crippen LogP contribution is -2.11. The van der Waals surface area contributed by atoms with Crippen LogP contribution in [0.5, 0.6) is 0 Å². The van der Waals surface area contributed by atoms with Gasteiger partial charge in [-0.25, -0.2) is 4.98 Å². The Morgan fingerprint density at radius 3 is 2.50 bits per heavy atom. The highest BCUT2D eigenvalue weighted by Crippen LogP contribution is 2.16. The van der Waals surface area contributed by atoms with Crippen molar-refractivity contribution in [2.75, 3.05) is 10.6 Å². The Morgan fingerprint density at radius 1 is 1.25 bits per heavy atom. The summed E-state index contributed by atoms with van der Waals surface area (Å²) in [6.45, 7) is 3.39. The number of amides is 1. The quantitative estimate of drug-likeness (QED) is 0.794. The van der Waals surface area contributed by atoms with Crippen molar-refractivity contribution in [2.45, 2.75) is 20.3 Å². The van der Waals surface area contributed by atoms with Crippen molar-refractivity contribution < 1.29 is 4.79 Å². The topological polar surface area (TPSA) is 86.9 Å². The van der Waals surface area contributed by atoms with Gasteiger partial charge in [0, 0.05) is 30.1 Å². The van der Waals surface area contributed by atoms with Crippen molar-refractivity contribution in [1.29, 1.82) is 0 Å². The van der Waals surface area contributed by atoms with E-state index in [2.05, 4.69) is 20.6 Å². The van der Waals surface area contributed by atoms with E-state index < -0.39 is 0 Å². The van der Waals surface area contributed by atoms with Crippen LogP contribution in [0.2, 0.25) is 0 Å². The molecule has 104 valence electrons. The van der Waals surface area contributed by atoms with Crippen molar-refractivity contribution in [3.63, 3.8) is 0 Å². The molecule has 1 heterocycles. The van der Waals surface area contributed by atoms with Crippen LogP contribution in [0.15, 0.2) is 35.1 Å². The lowest BCUT2D eigenvalue weighted by Gasteiger charge is -2.07. The highest BCUT2D eigenvalue weighted by Gasteiger charge is 2.01. The Balaban J connectivity index is 2.15. The van der Waals surface area contributed by atoms with E-state index in [1.165, 1.54) is 13.0 Å². The van der Waals surface area contributed by atoms with Crippen LogP contribution in [0.1, 0.15) is 19.5 Å². The van der Waals surface area contributed by atoms with Crippen LogP contribution in [-0.4, -0.2) is 15.9 Å². The van der Waals surface area contributed by atoms with E-state index in [0.717, 1.165) is 11.4 Å². The number of H-pyrrole nitrogens is 1. The molecule has 1 amide bonds. The molecule has 20 heavy (non-hydrogen) atoms. The fourth-order valence-corrected chi connectivity index (χ4v) is 1.73. The highest BCUT2D eigenvalue weighted by molar-refractivity contribution is 5.88. The second-order valence-electron chi connectivity index (χ2n) is 4.32. The van der Waals surface area contributed by atoms with Gasteiger partial charge in [-0.2, -0.15) is 0 Å². The van der Waals surface area contributed by atoms with Gasteiger partial charge in [-0.05, 0) is 30.7 Å². The third kappa shape index (κ3) is 3.68. The molecule has 0 unspecified atom stereocenters. The fraction of sp³-hybridized carbons (Fsp3) is 0.214. The lowest BCUT2D eigenvalue weighted by molar-refractivity contribution is -0.114. The van der Waals surface area contributed by atoms with Crippen LogP contribution in [0.3, 0.4) is 0 Å². The largest absolute Gasteiger partial charge is 0.326 e. The average molecular weight is 272 g/mol. The van der Waals surface area contributed by atoms with Crippen LogP contribution >= 0.6 is 0 Å². The summed E-state index contributed by atoms with van der Waals surface area (Å²) in [6, 6.07) is 8.61. The summed E-state index contributed by atoms with van der Waals surface area (Å²) in [5, 5.41) is 5.70. The van der Waals surface area contributed by atoms with E-state index in [-0.39, 0.29) is 11.5 Å². The first kappa shape index (κ1) is 13.8. The number of aryl methyl sites for hydroxylation is 1.